The Morgan fingerprint density at radius 2 is 1.97 bits per heavy atom. The fourth-order valence-electron chi connectivity index (χ4n) is 3.02. The highest BCUT2D eigenvalue weighted by molar-refractivity contribution is 14.0. The van der Waals surface area contributed by atoms with Gasteiger partial charge in [0.2, 0.25) is 0 Å². The molecular weight excluding hydrogens is 523 g/mol. The largest absolute Gasteiger partial charge is 0.497 e. The zero-order valence-electron chi connectivity index (χ0n) is 18.3. The quantitative estimate of drug-likeness (QED) is 0.247. The number of aliphatic imine (C=N–C) groups is 1. The molecule has 7 nitrogen and oxygen atoms in total. The van der Waals surface area contributed by atoms with Gasteiger partial charge in [0, 0.05) is 23.7 Å². The van der Waals surface area contributed by atoms with Gasteiger partial charge in [-0.3, -0.25) is 0 Å². The molecule has 1 unspecified atom stereocenters. The molecule has 2 aromatic rings. The second kappa shape index (κ2) is 12.1. The Morgan fingerprint density at radius 1 is 1.26 bits per heavy atom. The lowest BCUT2D eigenvalue weighted by Crippen LogP contribution is -2.44. The third-order valence-corrected chi connectivity index (χ3v) is 4.46. The van der Waals surface area contributed by atoms with E-state index in [0.29, 0.717) is 35.1 Å². The van der Waals surface area contributed by atoms with Crippen LogP contribution in [-0.2, 0) is 12.1 Å². The van der Waals surface area contributed by atoms with Gasteiger partial charge in [-0.1, -0.05) is 0 Å². The zero-order valence-corrected chi connectivity index (χ0v) is 20.6. The van der Waals surface area contributed by atoms with Crippen molar-refractivity contribution < 1.29 is 27.8 Å². The Bertz CT molecular complexity index is 872. The van der Waals surface area contributed by atoms with Crippen LogP contribution in [0.1, 0.15) is 36.5 Å². The molecule has 1 aromatic carbocycles. The number of rotatable bonds is 9. The van der Waals surface area contributed by atoms with Gasteiger partial charge >= 0.3 is 6.61 Å². The minimum absolute atomic E-state index is 0. The molecule has 31 heavy (non-hydrogen) atoms. The maximum atomic E-state index is 12.7. The summed E-state index contributed by atoms with van der Waals surface area (Å²) in [5.74, 6) is 2.20. The average molecular weight is 553 g/mol. The van der Waals surface area contributed by atoms with Gasteiger partial charge in [-0.2, -0.15) is 8.78 Å². The van der Waals surface area contributed by atoms with E-state index in [4.69, 9.17) is 9.15 Å². The zero-order chi connectivity index (χ0) is 22.3. The van der Waals surface area contributed by atoms with Crippen LogP contribution in [0.5, 0.6) is 11.5 Å². The fourth-order valence-corrected chi connectivity index (χ4v) is 3.02. The summed E-state index contributed by atoms with van der Waals surface area (Å²) in [5.41, 5.74) is -0.0327. The van der Waals surface area contributed by atoms with E-state index in [-0.39, 0.29) is 42.8 Å². The van der Waals surface area contributed by atoms with Crippen molar-refractivity contribution in [3.8, 4) is 11.5 Å². The van der Waals surface area contributed by atoms with Gasteiger partial charge in [-0.15, -0.1) is 24.0 Å². The van der Waals surface area contributed by atoms with E-state index >= 15 is 0 Å². The fraction of sp³-hybridized carbons (Fsp3) is 0.476. The SMILES string of the molecule is CCNC(=NCc1ccc(OC)cc1OC(F)F)NCC(C)(O)c1cc(C)oc1C.I. The van der Waals surface area contributed by atoms with Gasteiger partial charge in [0.25, 0.3) is 0 Å². The van der Waals surface area contributed by atoms with Gasteiger partial charge in [-0.25, -0.2) is 4.99 Å². The van der Waals surface area contributed by atoms with E-state index in [2.05, 4.69) is 20.4 Å². The van der Waals surface area contributed by atoms with Crippen LogP contribution in [0.25, 0.3) is 0 Å². The predicted molar refractivity (Wildman–Crippen MR) is 126 cm³/mol. The lowest BCUT2D eigenvalue weighted by Gasteiger charge is -2.24. The molecule has 0 amide bonds. The molecule has 0 saturated carbocycles. The average Bonchev–Trinajstić information content (AvgIpc) is 3.03. The van der Waals surface area contributed by atoms with E-state index in [1.807, 2.05) is 13.8 Å². The van der Waals surface area contributed by atoms with E-state index in [9.17, 15) is 13.9 Å². The van der Waals surface area contributed by atoms with Crippen LogP contribution < -0.4 is 20.1 Å². The van der Waals surface area contributed by atoms with Crippen molar-refractivity contribution >= 4 is 29.9 Å². The maximum Gasteiger partial charge on any atom is 0.387 e. The van der Waals surface area contributed by atoms with Crippen molar-refractivity contribution in [2.24, 2.45) is 4.99 Å². The lowest BCUT2D eigenvalue weighted by molar-refractivity contribution is -0.0505. The van der Waals surface area contributed by atoms with Crippen molar-refractivity contribution in [2.75, 3.05) is 20.2 Å². The Kier molecular flexibility index (Phi) is 10.5. The first-order valence-electron chi connectivity index (χ1n) is 9.60. The van der Waals surface area contributed by atoms with E-state index in [1.54, 1.807) is 32.0 Å². The number of aliphatic hydroxyl groups is 1. The number of methoxy groups -OCH3 is 1. The summed E-state index contributed by atoms with van der Waals surface area (Å²) in [4.78, 5) is 4.43. The highest BCUT2D eigenvalue weighted by Gasteiger charge is 2.28. The van der Waals surface area contributed by atoms with Crippen molar-refractivity contribution in [3.05, 3.63) is 46.9 Å². The number of hydrogen-bond donors (Lipinski definition) is 3. The molecule has 2 rings (SSSR count). The Balaban J connectivity index is 0.00000480. The molecule has 0 aliphatic rings. The van der Waals surface area contributed by atoms with Crippen LogP contribution >= 0.6 is 24.0 Å². The summed E-state index contributed by atoms with van der Waals surface area (Å²) in [6.07, 6.45) is 0. The summed E-state index contributed by atoms with van der Waals surface area (Å²) < 4.78 is 40.7. The number of alkyl halides is 2. The molecule has 0 aliphatic heterocycles. The predicted octanol–water partition coefficient (Wildman–Crippen LogP) is 4.09. The third kappa shape index (κ3) is 7.84. The Labute approximate surface area is 198 Å². The Morgan fingerprint density at radius 3 is 2.52 bits per heavy atom. The van der Waals surface area contributed by atoms with Crippen molar-refractivity contribution in [1.82, 2.24) is 10.6 Å². The molecule has 0 radical (unpaired) electrons. The summed E-state index contributed by atoms with van der Waals surface area (Å²) in [6.45, 7) is 5.08. The second-order valence-corrected chi connectivity index (χ2v) is 7.00. The number of furan rings is 1. The smallest absolute Gasteiger partial charge is 0.387 e. The molecule has 0 aliphatic carbocycles. The molecule has 1 aromatic heterocycles. The van der Waals surface area contributed by atoms with Crippen LogP contribution in [0.4, 0.5) is 8.78 Å². The number of nitrogens with one attached hydrogen (secondary N) is 2. The van der Waals surface area contributed by atoms with E-state index in [1.165, 1.54) is 13.2 Å². The number of halogens is 3. The molecule has 10 heteroatoms. The number of ether oxygens (including phenoxy) is 2. The van der Waals surface area contributed by atoms with E-state index in [0.717, 1.165) is 5.76 Å². The number of benzene rings is 1. The van der Waals surface area contributed by atoms with Crippen molar-refractivity contribution in [3.63, 3.8) is 0 Å². The van der Waals surface area contributed by atoms with Gasteiger partial charge in [-0.05, 0) is 45.9 Å². The lowest BCUT2D eigenvalue weighted by atomic mass is 9.96. The first-order chi connectivity index (χ1) is 14.2. The van der Waals surface area contributed by atoms with Crippen molar-refractivity contribution in [1.29, 1.82) is 0 Å². The number of nitrogens with zero attached hydrogens (tertiary/aromatic N) is 1. The molecule has 0 bridgehead atoms. The molecule has 0 spiro atoms. The van der Waals surface area contributed by atoms with Crippen LogP contribution in [-0.4, -0.2) is 37.9 Å². The number of hydrogen-bond acceptors (Lipinski definition) is 5. The normalized spacial score (nSPS) is 13.4. The molecule has 3 N–H and O–H groups in total. The molecule has 1 atom stereocenters. The maximum absolute atomic E-state index is 12.7. The summed E-state index contributed by atoms with van der Waals surface area (Å²) >= 11 is 0. The van der Waals surface area contributed by atoms with Crippen LogP contribution in [0, 0.1) is 13.8 Å². The van der Waals surface area contributed by atoms with Crippen molar-refractivity contribution in [2.45, 2.75) is 46.5 Å². The summed E-state index contributed by atoms with van der Waals surface area (Å²) in [5, 5.41) is 17.0. The Hall–Kier alpha value is -2.08. The van der Waals surface area contributed by atoms with Gasteiger partial charge in [0.05, 0.1) is 20.2 Å². The van der Waals surface area contributed by atoms with Crippen LogP contribution in [0.15, 0.2) is 33.7 Å². The van der Waals surface area contributed by atoms with Gasteiger partial charge in [0.1, 0.15) is 28.6 Å². The van der Waals surface area contributed by atoms with E-state index < -0.39 is 12.2 Å². The van der Waals surface area contributed by atoms with Crippen LogP contribution in [0.3, 0.4) is 0 Å². The minimum Gasteiger partial charge on any atom is -0.497 e. The molecule has 174 valence electrons. The molecular formula is C21H30F2IN3O4. The summed E-state index contributed by atoms with van der Waals surface area (Å²) in [7, 11) is 1.45. The second-order valence-electron chi connectivity index (χ2n) is 7.00. The minimum atomic E-state index is -2.96. The topological polar surface area (TPSA) is 88.3 Å². The highest BCUT2D eigenvalue weighted by Crippen LogP contribution is 2.28. The number of guanidine groups is 1. The first-order valence-corrected chi connectivity index (χ1v) is 9.60. The molecule has 1 heterocycles. The number of aryl methyl sites for hydroxylation is 2. The van der Waals surface area contributed by atoms with Gasteiger partial charge in [0.15, 0.2) is 5.96 Å². The third-order valence-electron chi connectivity index (χ3n) is 4.46. The molecule has 0 saturated heterocycles. The summed E-state index contributed by atoms with van der Waals surface area (Å²) in [6, 6.07) is 6.47. The molecule has 0 fully saturated rings. The van der Waals surface area contributed by atoms with Gasteiger partial charge < -0.3 is 29.6 Å². The monoisotopic (exact) mass is 553 g/mol. The van der Waals surface area contributed by atoms with Crippen LogP contribution in [0.2, 0.25) is 0 Å². The standard InChI is InChI=1S/C21H29F2N3O4.HI/c1-6-24-20(26-12-21(4,27)17-9-13(2)29-14(17)3)25-11-15-7-8-16(28-5)10-18(15)30-19(22)23;/h7-10,19,27H,6,11-12H2,1-5H3,(H2,24,25,26);1H. The highest BCUT2D eigenvalue weighted by atomic mass is 127. The first kappa shape index (κ1) is 27.0.